The fourth-order valence-electron chi connectivity index (χ4n) is 2.39. The highest BCUT2D eigenvalue weighted by Gasteiger charge is 2.38. The van der Waals surface area contributed by atoms with Gasteiger partial charge in [0.15, 0.2) is 5.76 Å². The van der Waals surface area contributed by atoms with Gasteiger partial charge in [0, 0.05) is 19.9 Å². The number of methoxy groups -OCH3 is 1. The molecule has 0 aromatic heterocycles. The molecule has 0 aliphatic heterocycles. The van der Waals surface area contributed by atoms with E-state index in [2.05, 4.69) is 10.3 Å². The van der Waals surface area contributed by atoms with Crippen molar-refractivity contribution in [3.05, 3.63) is 11.5 Å². The Balaban J connectivity index is 3.08. The van der Waals surface area contributed by atoms with Crippen LogP contribution in [0.1, 0.15) is 19.3 Å². The summed E-state index contributed by atoms with van der Waals surface area (Å²) in [6.07, 6.45) is 2.60. The number of hydrogen-bond donors (Lipinski definition) is 4. The van der Waals surface area contributed by atoms with Gasteiger partial charge in [0.2, 0.25) is 0 Å². The number of hydrogen-bond acceptors (Lipinski definition) is 7. The number of nitrogens with one attached hydrogen (secondary N) is 1. The van der Waals surface area contributed by atoms with Gasteiger partial charge in [0.05, 0.1) is 30.7 Å². The number of aliphatic hydroxyl groups excluding tert-OH is 1. The Hall–Kier alpha value is -1.25. The summed E-state index contributed by atoms with van der Waals surface area (Å²) in [6.45, 7) is -0.434. The highest BCUT2D eigenvalue weighted by molar-refractivity contribution is 7.98. The van der Waals surface area contributed by atoms with Crippen LogP contribution in [0.5, 0.6) is 0 Å². The standard InChI is InChI=1S/C14H24N2O5S/c1-15-10-6-14(20,8-17)7-11(12(10)21-2)16-9(13(18)19)4-5-22-3/h9,16-17,20H,4-8H2,1-3H3,(H,18,19)/t9-,14-/m0/s1. The third kappa shape index (κ3) is 4.62. The minimum Gasteiger partial charge on any atom is -0.493 e. The Morgan fingerprint density at radius 2 is 2.23 bits per heavy atom. The van der Waals surface area contributed by atoms with Crippen LogP contribution in [0.3, 0.4) is 0 Å². The van der Waals surface area contributed by atoms with Crippen LogP contribution in [0, 0.1) is 0 Å². The Morgan fingerprint density at radius 1 is 1.55 bits per heavy atom. The normalized spacial score (nSPS) is 25.2. The molecule has 0 bridgehead atoms. The van der Waals surface area contributed by atoms with E-state index >= 15 is 0 Å². The minimum absolute atomic E-state index is 0.0920. The molecule has 4 N–H and O–H groups in total. The van der Waals surface area contributed by atoms with E-state index in [0.29, 0.717) is 29.3 Å². The molecule has 0 heterocycles. The molecule has 0 saturated carbocycles. The number of nitrogens with zero attached hydrogens (tertiary/aromatic N) is 1. The van der Waals surface area contributed by atoms with Crippen molar-refractivity contribution in [3.63, 3.8) is 0 Å². The number of rotatable bonds is 8. The summed E-state index contributed by atoms with van der Waals surface area (Å²) >= 11 is 1.56. The van der Waals surface area contributed by atoms with Gasteiger partial charge in [-0.15, -0.1) is 0 Å². The molecule has 0 saturated heterocycles. The number of allylic oxidation sites excluding steroid dienone is 1. The quantitative estimate of drug-likeness (QED) is 0.503. The first-order chi connectivity index (χ1) is 10.4. The SMILES string of the molecule is CN=C1C[C@@](O)(CO)CC(N[C@@H](CCSC)C(=O)O)=C1OC. The van der Waals surface area contributed by atoms with Gasteiger partial charge in [-0.1, -0.05) is 0 Å². The van der Waals surface area contributed by atoms with Gasteiger partial charge in [0.1, 0.15) is 6.04 Å². The van der Waals surface area contributed by atoms with Gasteiger partial charge in [-0.3, -0.25) is 4.99 Å². The monoisotopic (exact) mass is 332 g/mol. The van der Waals surface area contributed by atoms with Crippen molar-refractivity contribution in [3.8, 4) is 0 Å². The van der Waals surface area contributed by atoms with Gasteiger partial charge in [0.25, 0.3) is 0 Å². The minimum atomic E-state index is -1.36. The maximum atomic E-state index is 11.4. The molecule has 7 nitrogen and oxygen atoms in total. The molecule has 0 radical (unpaired) electrons. The van der Waals surface area contributed by atoms with Crippen molar-refractivity contribution in [1.29, 1.82) is 0 Å². The van der Waals surface area contributed by atoms with E-state index in [4.69, 9.17) is 4.74 Å². The number of thioether (sulfide) groups is 1. The van der Waals surface area contributed by atoms with Crippen molar-refractivity contribution in [2.75, 3.05) is 32.8 Å². The highest BCUT2D eigenvalue weighted by Crippen LogP contribution is 2.30. The number of aliphatic hydroxyl groups is 2. The maximum Gasteiger partial charge on any atom is 0.326 e. The second-order valence-electron chi connectivity index (χ2n) is 5.23. The van der Waals surface area contributed by atoms with E-state index in [9.17, 15) is 20.1 Å². The highest BCUT2D eigenvalue weighted by atomic mass is 32.2. The van der Waals surface area contributed by atoms with Crippen LogP contribution in [-0.2, 0) is 9.53 Å². The molecule has 8 heteroatoms. The molecular formula is C14H24N2O5S. The topological polar surface area (TPSA) is 111 Å². The fourth-order valence-corrected chi connectivity index (χ4v) is 2.86. The molecule has 0 aromatic rings. The first-order valence-electron chi connectivity index (χ1n) is 6.95. The summed E-state index contributed by atoms with van der Waals surface area (Å²) in [5.74, 6) is 0.166. The Labute approximate surface area is 134 Å². The predicted octanol–water partition coefficient (Wildman–Crippen LogP) is 0.228. The van der Waals surface area contributed by atoms with E-state index in [1.165, 1.54) is 7.11 Å². The smallest absolute Gasteiger partial charge is 0.326 e. The van der Waals surface area contributed by atoms with E-state index in [1.807, 2.05) is 6.26 Å². The molecule has 1 aliphatic carbocycles. The molecule has 126 valence electrons. The lowest BCUT2D eigenvalue weighted by Crippen LogP contribution is -2.46. The average Bonchev–Trinajstić information content (AvgIpc) is 2.50. The molecule has 22 heavy (non-hydrogen) atoms. The number of ether oxygens (including phenoxy) is 1. The van der Waals surface area contributed by atoms with Crippen LogP contribution in [0.25, 0.3) is 0 Å². The second-order valence-corrected chi connectivity index (χ2v) is 6.22. The van der Waals surface area contributed by atoms with Gasteiger partial charge < -0.3 is 25.4 Å². The van der Waals surface area contributed by atoms with Gasteiger partial charge >= 0.3 is 5.97 Å². The summed E-state index contributed by atoms with van der Waals surface area (Å²) in [6, 6.07) is -0.785. The molecule has 0 unspecified atom stereocenters. The molecule has 1 aliphatic rings. The van der Waals surface area contributed by atoms with E-state index in [1.54, 1.807) is 18.8 Å². The van der Waals surface area contributed by atoms with Crippen LogP contribution in [0.4, 0.5) is 0 Å². The lowest BCUT2D eigenvalue weighted by Gasteiger charge is -2.35. The molecule has 0 aromatic carbocycles. The zero-order valence-corrected chi connectivity index (χ0v) is 13.9. The first kappa shape index (κ1) is 18.8. The molecule has 0 amide bonds. The largest absolute Gasteiger partial charge is 0.493 e. The molecule has 2 atom stereocenters. The Morgan fingerprint density at radius 3 is 2.68 bits per heavy atom. The summed E-state index contributed by atoms with van der Waals surface area (Å²) in [4.78, 5) is 15.5. The van der Waals surface area contributed by atoms with Crippen molar-refractivity contribution in [2.45, 2.75) is 30.9 Å². The summed E-state index contributed by atoms with van der Waals surface area (Å²) in [5.41, 5.74) is -0.400. The number of aliphatic carboxylic acids is 1. The summed E-state index contributed by atoms with van der Waals surface area (Å²) in [7, 11) is 3.04. The third-order valence-electron chi connectivity index (χ3n) is 3.56. The van der Waals surface area contributed by atoms with Crippen molar-refractivity contribution >= 4 is 23.4 Å². The number of carbonyl (C=O) groups is 1. The third-order valence-corrected chi connectivity index (χ3v) is 4.21. The van der Waals surface area contributed by atoms with Crippen molar-refractivity contribution in [2.24, 2.45) is 4.99 Å². The summed E-state index contributed by atoms with van der Waals surface area (Å²) < 4.78 is 5.33. The van der Waals surface area contributed by atoms with Gasteiger partial charge in [-0.2, -0.15) is 11.8 Å². The first-order valence-corrected chi connectivity index (χ1v) is 8.34. The second kappa shape index (κ2) is 8.40. The summed E-state index contributed by atoms with van der Waals surface area (Å²) in [5, 5.41) is 32.0. The number of aliphatic imine (C=N–C) groups is 1. The van der Waals surface area contributed by atoms with Gasteiger partial charge in [-0.05, 0) is 18.4 Å². The zero-order chi connectivity index (χ0) is 16.8. The molecule has 1 rings (SSSR count). The van der Waals surface area contributed by atoms with Crippen LogP contribution in [-0.4, -0.2) is 71.4 Å². The molecular weight excluding hydrogens is 308 g/mol. The number of carboxylic acids is 1. The van der Waals surface area contributed by atoms with E-state index in [0.717, 1.165) is 0 Å². The average molecular weight is 332 g/mol. The van der Waals surface area contributed by atoms with E-state index in [-0.39, 0.29) is 12.8 Å². The van der Waals surface area contributed by atoms with Crippen LogP contribution >= 0.6 is 11.8 Å². The maximum absolute atomic E-state index is 11.4. The Kier molecular flexibility index (Phi) is 7.18. The molecule has 0 spiro atoms. The van der Waals surface area contributed by atoms with Crippen molar-refractivity contribution < 1.29 is 24.9 Å². The lowest BCUT2D eigenvalue weighted by atomic mass is 9.85. The number of carboxylic acid groups (broad SMARTS) is 1. The van der Waals surface area contributed by atoms with Crippen molar-refractivity contribution in [1.82, 2.24) is 5.32 Å². The predicted molar refractivity (Wildman–Crippen MR) is 86.2 cm³/mol. The Bertz CT molecular complexity index is 466. The van der Waals surface area contributed by atoms with Crippen LogP contribution < -0.4 is 5.32 Å². The molecule has 0 fully saturated rings. The van der Waals surface area contributed by atoms with Gasteiger partial charge in [-0.25, -0.2) is 4.79 Å². The van der Waals surface area contributed by atoms with Crippen LogP contribution in [0.2, 0.25) is 0 Å². The zero-order valence-electron chi connectivity index (χ0n) is 13.1. The fraction of sp³-hybridized carbons (Fsp3) is 0.714. The van der Waals surface area contributed by atoms with E-state index < -0.39 is 24.2 Å². The van der Waals surface area contributed by atoms with Crippen LogP contribution in [0.15, 0.2) is 16.4 Å². The lowest BCUT2D eigenvalue weighted by molar-refractivity contribution is -0.139.